The van der Waals surface area contributed by atoms with Gasteiger partial charge in [-0.25, -0.2) is 0 Å². The van der Waals surface area contributed by atoms with Gasteiger partial charge in [0.05, 0.1) is 5.69 Å². The highest BCUT2D eigenvalue weighted by molar-refractivity contribution is 5.94. The van der Waals surface area contributed by atoms with Gasteiger partial charge >= 0.3 is 0 Å². The van der Waals surface area contributed by atoms with E-state index in [9.17, 15) is 4.79 Å². The maximum Gasteiger partial charge on any atom is 0.251 e. The molecule has 0 aliphatic heterocycles. The summed E-state index contributed by atoms with van der Waals surface area (Å²) in [7, 11) is 0. The number of hydrogen-bond acceptors (Lipinski definition) is 3. The van der Waals surface area contributed by atoms with Gasteiger partial charge in [0.2, 0.25) is 0 Å². The molecule has 0 saturated carbocycles. The van der Waals surface area contributed by atoms with Gasteiger partial charge in [-0.1, -0.05) is 12.1 Å². The maximum absolute atomic E-state index is 12.0. The molecule has 1 aromatic carbocycles. The second-order valence-corrected chi connectivity index (χ2v) is 5.16. The standard InChI is InChI=1S/C16H22N4O/c1-12-10-13(2)20(19-12)9-3-8-18-16(21)15-6-4-14(11-17)5-7-15/h4-7,10H,3,8-9,11,17H2,1-2H3,(H,18,21). The summed E-state index contributed by atoms with van der Waals surface area (Å²) in [5.74, 6) is -0.0491. The van der Waals surface area contributed by atoms with Crippen molar-refractivity contribution >= 4 is 5.91 Å². The molecule has 2 rings (SSSR count). The molecule has 112 valence electrons. The monoisotopic (exact) mass is 286 g/mol. The molecule has 0 radical (unpaired) electrons. The second-order valence-electron chi connectivity index (χ2n) is 5.16. The van der Waals surface area contributed by atoms with Gasteiger partial charge in [-0.2, -0.15) is 5.10 Å². The minimum atomic E-state index is -0.0491. The number of nitrogens with one attached hydrogen (secondary N) is 1. The first-order chi connectivity index (χ1) is 10.1. The van der Waals surface area contributed by atoms with E-state index >= 15 is 0 Å². The molecule has 1 aromatic heterocycles. The second kappa shape index (κ2) is 7.04. The number of carbonyl (C=O) groups is 1. The molecule has 5 heteroatoms. The minimum Gasteiger partial charge on any atom is -0.352 e. The number of benzene rings is 1. The van der Waals surface area contributed by atoms with Crippen molar-refractivity contribution in [2.24, 2.45) is 5.73 Å². The Morgan fingerprint density at radius 3 is 2.57 bits per heavy atom. The molecule has 21 heavy (non-hydrogen) atoms. The average Bonchev–Trinajstić information content (AvgIpc) is 2.81. The Balaban J connectivity index is 1.77. The Labute approximate surface area is 125 Å². The van der Waals surface area contributed by atoms with Crippen LogP contribution in [0.4, 0.5) is 0 Å². The fraction of sp³-hybridized carbons (Fsp3) is 0.375. The van der Waals surface area contributed by atoms with Crippen LogP contribution in [-0.4, -0.2) is 22.2 Å². The zero-order valence-corrected chi connectivity index (χ0v) is 12.6. The minimum absolute atomic E-state index is 0.0491. The molecule has 0 saturated heterocycles. The van der Waals surface area contributed by atoms with Crippen LogP contribution in [0.25, 0.3) is 0 Å². The Bertz CT molecular complexity index is 601. The van der Waals surface area contributed by atoms with Crippen LogP contribution >= 0.6 is 0 Å². The van der Waals surface area contributed by atoms with Gasteiger partial charge in [-0.3, -0.25) is 9.48 Å². The number of aromatic nitrogens is 2. The van der Waals surface area contributed by atoms with Crippen molar-refractivity contribution in [3.8, 4) is 0 Å². The Morgan fingerprint density at radius 2 is 2.00 bits per heavy atom. The lowest BCUT2D eigenvalue weighted by molar-refractivity contribution is 0.0952. The summed E-state index contributed by atoms with van der Waals surface area (Å²) >= 11 is 0. The molecule has 0 aliphatic carbocycles. The maximum atomic E-state index is 12.0. The largest absolute Gasteiger partial charge is 0.352 e. The van der Waals surface area contributed by atoms with Gasteiger partial charge in [0.1, 0.15) is 0 Å². The van der Waals surface area contributed by atoms with Crippen molar-refractivity contribution < 1.29 is 4.79 Å². The lowest BCUT2D eigenvalue weighted by Crippen LogP contribution is -2.25. The summed E-state index contributed by atoms with van der Waals surface area (Å²) in [6.45, 7) is 5.96. The first-order valence-electron chi connectivity index (χ1n) is 7.18. The quantitative estimate of drug-likeness (QED) is 0.795. The van der Waals surface area contributed by atoms with Gasteiger partial charge in [0.15, 0.2) is 0 Å². The van der Waals surface area contributed by atoms with Crippen LogP contribution in [0.3, 0.4) is 0 Å². The van der Waals surface area contributed by atoms with Crippen LogP contribution in [0.2, 0.25) is 0 Å². The molecule has 0 atom stereocenters. The summed E-state index contributed by atoms with van der Waals surface area (Å²) in [6.07, 6.45) is 0.856. The van der Waals surface area contributed by atoms with Crippen LogP contribution in [0.15, 0.2) is 30.3 Å². The van der Waals surface area contributed by atoms with Crippen LogP contribution in [0, 0.1) is 13.8 Å². The van der Waals surface area contributed by atoms with Crippen molar-refractivity contribution in [1.82, 2.24) is 15.1 Å². The first-order valence-corrected chi connectivity index (χ1v) is 7.18. The molecule has 5 nitrogen and oxygen atoms in total. The van der Waals surface area contributed by atoms with E-state index in [-0.39, 0.29) is 5.91 Å². The van der Waals surface area contributed by atoms with Crippen molar-refractivity contribution in [3.63, 3.8) is 0 Å². The van der Waals surface area contributed by atoms with Crippen molar-refractivity contribution in [2.45, 2.75) is 33.4 Å². The average molecular weight is 286 g/mol. The van der Waals surface area contributed by atoms with Crippen LogP contribution < -0.4 is 11.1 Å². The Morgan fingerprint density at radius 1 is 1.29 bits per heavy atom. The molecule has 0 aliphatic rings. The van der Waals surface area contributed by atoms with Crippen molar-refractivity contribution in [3.05, 3.63) is 52.8 Å². The van der Waals surface area contributed by atoms with E-state index in [1.54, 1.807) is 12.1 Å². The van der Waals surface area contributed by atoms with E-state index in [2.05, 4.69) is 16.5 Å². The predicted molar refractivity (Wildman–Crippen MR) is 83.0 cm³/mol. The number of nitrogens with two attached hydrogens (primary N) is 1. The predicted octanol–water partition coefficient (Wildman–Crippen LogP) is 1.78. The van der Waals surface area contributed by atoms with Crippen LogP contribution in [0.1, 0.15) is 33.7 Å². The number of nitrogens with zero attached hydrogens (tertiary/aromatic N) is 2. The summed E-state index contributed by atoms with van der Waals surface area (Å²) in [5, 5.41) is 7.32. The topological polar surface area (TPSA) is 72.9 Å². The Kier molecular flexibility index (Phi) is 5.11. The lowest BCUT2D eigenvalue weighted by atomic mass is 10.1. The number of carbonyl (C=O) groups excluding carboxylic acids is 1. The third kappa shape index (κ3) is 4.16. The molecular weight excluding hydrogens is 264 g/mol. The summed E-state index contributed by atoms with van der Waals surface area (Å²) in [4.78, 5) is 12.0. The van der Waals surface area contributed by atoms with E-state index in [1.165, 1.54) is 0 Å². The van der Waals surface area contributed by atoms with Crippen molar-refractivity contribution in [1.29, 1.82) is 0 Å². The van der Waals surface area contributed by atoms with E-state index in [1.807, 2.05) is 30.7 Å². The van der Waals surface area contributed by atoms with Crippen LogP contribution in [-0.2, 0) is 13.1 Å². The van der Waals surface area contributed by atoms with E-state index in [0.717, 1.165) is 29.9 Å². The third-order valence-corrected chi connectivity index (χ3v) is 3.39. The third-order valence-electron chi connectivity index (χ3n) is 3.39. The molecule has 0 fully saturated rings. The van der Waals surface area contributed by atoms with Gasteiger partial charge in [0, 0.05) is 30.9 Å². The van der Waals surface area contributed by atoms with E-state index in [4.69, 9.17) is 5.73 Å². The zero-order chi connectivity index (χ0) is 15.2. The van der Waals surface area contributed by atoms with Gasteiger partial charge in [0.25, 0.3) is 5.91 Å². The molecule has 1 heterocycles. The summed E-state index contributed by atoms with van der Waals surface area (Å²) in [5.41, 5.74) is 9.40. The fourth-order valence-corrected chi connectivity index (χ4v) is 2.23. The fourth-order valence-electron chi connectivity index (χ4n) is 2.23. The Hall–Kier alpha value is -2.14. The van der Waals surface area contributed by atoms with Crippen LogP contribution in [0.5, 0.6) is 0 Å². The first kappa shape index (κ1) is 15.3. The van der Waals surface area contributed by atoms with E-state index < -0.39 is 0 Å². The van der Waals surface area contributed by atoms with Gasteiger partial charge in [-0.15, -0.1) is 0 Å². The molecule has 0 bridgehead atoms. The SMILES string of the molecule is Cc1cc(C)n(CCCNC(=O)c2ccc(CN)cc2)n1. The highest BCUT2D eigenvalue weighted by atomic mass is 16.1. The number of amides is 1. The molecule has 0 spiro atoms. The normalized spacial score (nSPS) is 10.6. The lowest BCUT2D eigenvalue weighted by Gasteiger charge is -2.07. The number of hydrogen-bond donors (Lipinski definition) is 2. The highest BCUT2D eigenvalue weighted by Gasteiger charge is 2.05. The molecule has 1 amide bonds. The number of rotatable bonds is 6. The summed E-state index contributed by atoms with van der Waals surface area (Å²) < 4.78 is 1.97. The van der Waals surface area contributed by atoms with Crippen molar-refractivity contribution in [2.75, 3.05) is 6.54 Å². The summed E-state index contributed by atoms with van der Waals surface area (Å²) in [6, 6.07) is 9.42. The molecule has 3 N–H and O–H groups in total. The van der Waals surface area contributed by atoms with Gasteiger partial charge in [-0.05, 0) is 44.0 Å². The highest BCUT2D eigenvalue weighted by Crippen LogP contribution is 2.04. The molecular formula is C16H22N4O. The smallest absolute Gasteiger partial charge is 0.251 e. The zero-order valence-electron chi connectivity index (χ0n) is 12.6. The number of aryl methyl sites for hydroxylation is 3. The van der Waals surface area contributed by atoms with E-state index in [0.29, 0.717) is 18.7 Å². The van der Waals surface area contributed by atoms with Gasteiger partial charge < -0.3 is 11.1 Å². The molecule has 0 unspecified atom stereocenters. The molecule has 2 aromatic rings.